The summed E-state index contributed by atoms with van der Waals surface area (Å²) in [5, 5.41) is 8.93. The zero-order chi connectivity index (χ0) is 24.8. The molecule has 0 N–H and O–H groups in total. The summed E-state index contributed by atoms with van der Waals surface area (Å²) in [4.78, 5) is 2.12. The number of ether oxygens (including phenoxy) is 1. The number of nitriles is 1. The number of nitrogens with zero attached hydrogens (tertiary/aromatic N) is 3. The summed E-state index contributed by atoms with van der Waals surface area (Å²) in [7, 11) is -2.21. The molecule has 1 unspecified atom stereocenters. The Bertz CT molecular complexity index is 1290. The highest BCUT2D eigenvalue weighted by atomic mass is 32.2. The molecule has 3 aromatic carbocycles. The fraction of sp³-hybridized carbons (Fsp3) is 0.296. The van der Waals surface area contributed by atoms with Crippen LogP contribution in [0.1, 0.15) is 24.8 Å². The topological polar surface area (TPSA) is 73.6 Å². The summed E-state index contributed by atoms with van der Waals surface area (Å²) in [5.74, 6) is 0.205. The zero-order valence-corrected chi connectivity index (χ0v) is 20.4. The fourth-order valence-corrected chi connectivity index (χ4v) is 5.78. The second-order valence-electron chi connectivity index (χ2n) is 8.55. The number of halogens is 1. The highest BCUT2D eigenvalue weighted by molar-refractivity contribution is 7.89. The molecule has 0 radical (unpaired) electrons. The Morgan fingerprint density at radius 3 is 2.43 bits per heavy atom. The zero-order valence-electron chi connectivity index (χ0n) is 19.6. The van der Waals surface area contributed by atoms with Gasteiger partial charge in [0.2, 0.25) is 10.0 Å². The maximum absolute atomic E-state index is 13.6. The minimum absolute atomic E-state index is 0.0281. The van der Waals surface area contributed by atoms with Crippen LogP contribution in [-0.4, -0.2) is 50.5 Å². The summed E-state index contributed by atoms with van der Waals surface area (Å²) in [6.07, 6.45) is 2.14. The smallest absolute Gasteiger partial charge is 0.244 e. The SMILES string of the molecule is CN(C1CCCN1CCCOc1ccc(-c2ccc(C#N)cc2)cc1)S(=O)(=O)c1cccc(F)c1. The lowest BCUT2D eigenvalue weighted by atomic mass is 10.0. The third kappa shape index (κ3) is 5.88. The molecule has 1 saturated heterocycles. The molecule has 0 aliphatic carbocycles. The summed E-state index contributed by atoms with van der Waals surface area (Å²) < 4.78 is 46.8. The molecule has 8 heteroatoms. The van der Waals surface area contributed by atoms with Crippen molar-refractivity contribution in [3.63, 3.8) is 0 Å². The molecule has 1 aliphatic heterocycles. The number of benzene rings is 3. The maximum atomic E-state index is 13.6. The van der Waals surface area contributed by atoms with E-state index in [1.54, 1.807) is 19.2 Å². The third-order valence-electron chi connectivity index (χ3n) is 6.28. The first-order chi connectivity index (χ1) is 16.9. The van der Waals surface area contributed by atoms with Crippen LogP contribution in [0.4, 0.5) is 4.39 Å². The lowest BCUT2D eigenvalue weighted by Crippen LogP contribution is -2.46. The summed E-state index contributed by atoms with van der Waals surface area (Å²) in [5.41, 5.74) is 2.71. The predicted molar refractivity (Wildman–Crippen MR) is 133 cm³/mol. The third-order valence-corrected chi connectivity index (χ3v) is 8.13. The van der Waals surface area contributed by atoms with Gasteiger partial charge in [0.1, 0.15) is 11.6 Å². The molecular weight excluding hydrogens is 465 g/mol. The predicted octanol–water partition coefficient (Wildman–Crippen LogP) is 4.88. The van der Waals surface area contributed by atoms with Crippen LogP contribution in [0, 0.1) is 17.1 Å². The average Bonchev–Trinajstić information content (AvgIpc) is 3.35. The molecule has 0 aromatic heterocycles. The molecule has 3 aromatic rings. The summed E-state index contributed by atoms with van der Waals surface area (Å²) in [6, 6.07) is 22.5. The van der Waals surface area contributed by atoms with Gasteiger partial charge in [0.25, 0.3) is 0 Å². The van der Waals surface area contributed by atoms with Gasteiger partial charge in [0, 0.05) is 13.6 Å². The van der Waals surface area contributed by atoms with Gasteiger partial charge in [-0.1, -0.05) is 30.3 Å². The van der Waals surface area contributed by atoms with Crippen molar-refractivity contribution in [3.8, 4) is 22.9 Å². The van der Waals surface area contributed by atoms with E-state index < -0.39 is 15.8 Å². The van der Waals surface area contributed by atoms with Crippen LogP contribution in [-0.2, 0) is 10.0 Å². The maximum Gasteiger partial charge on any atom is 0.244 e. The molecule has 0 saturated carbocycles. The molecule has 0 bridgehead atoms. The van der Waals surface area contributed by atoms with Crippen molar-refractivity contribution in [1.82, 2.24) is 9.21 Å². The van der Waals surface area contributed by atoms with Gasteiger partial charge in [-0.15, -0.1) is 0 Å². The average molecular weight is 494 g/mol. The van der Waals surface area contributed by atoms with Gasteiger partial charge in [0.15, 0.2) is 0 Å². The molecule has 6 nitrogen and oxygen atoms in total. The molecule has 1 aliphatic rings. The Labute approximate surface area is 206 Å². The first-order valence-electron chi connectivity index (χ1n) is 11.6. The fourth-order valence-electron chi connectivity index (χ4n) is 4.37. The number of rotatable bonds is 9. The van der Waals surface area contributed by atoms with E-state index >= 15 is 0 Å². The molecule has 1 heterocycles. The monoisotopic (exact) mass is 493 g/mol. The van der Waals surface area contributed by atoms with Crippen LogP contribution in [0.3, 0.4) is 0 Å². The van der Waals surface area contributed by atoms with Crippen molar-refractivity contribution >= 4 is 10.0 Å². The van der Waals surface area contributed by atoms with Crippen molar-refractivity contribution in [2.24, 2.45) is 0 Å². The van der Waals surface area contributed by atoms with Gasteiger partial charge in [-0.05, 0) is 79.4 Å². The van der Waals surface area contributed by atoms with E-state index in [1.165, 1.54) is 22.5 Å². The van der Waals surface area contributed by atoms with E-state index in [4.69, 9.17) is 10.00 Å². The lowest BCUT2D eigenvalue weighted by molar-refractivity contribution is 0.149. The van der Waals surface area contributed by atoms with Crippen LogP contribution in [0.25, 0.3) is 11.1 Å². The first-order valence-corrected chi connectivity index (χ1v) is 13.0. The van der Waals surface area contributed by atoms with Crippen molar-refractivity contribution in [2.75, 3.05) is 26.7 Å². The molecule has 1 fully saturated rings. The molecule has 182 valence electrons. The van der Waals surface area contributed by atoms with Gasteiger partial charge in [0.05, 0.1) is 29.3 Å². The first kappa shape index (κ1) is 24.9. The van der Waals surface area contributed by atoms with Crippen molar-refractivity contribution in [2.45, 2.75) is 30.3 Å². The number of likely N-dealkylation sites (tertiary alicyclic amines) is 1. The van der Waals surface area contributed by atoms with Gasteiger partial charge < -0.3 is 4.74 Å². The molecular formula is C27H28FN3O3S. The second kappa shape index (κ2) is 11.0. The molecule has 0 spiro atoms. The summed E-state index contributed by atoms with van der Waals surface area (Å²) in [6.45, 7) is 2.03. The van der Waals surface area contributed by atoms with Gasteiger partial charge in [-0.3, -0.25) is 4.90 Å². The molecule has 35 heavy (non-hydrogen) atoms. The van der Waals surface area contributed by atoms with Crippen LogP contribution in [0.2, 0.25) is 0 Å². The van der Waals surface area contributed by atoms with Gasteiger partial charge >= 0.3 is 0 Å². The largest absolute Gasteiger partial charge is 0.494 e. The Morgan fingerprint density at radius 2 is 1.77 bits per heavy atom. The van der Waals surface area contributed by atoms with E-state index in [1.807, 2.05) is 36.4 Å². The number of hydrogen-bond acceptors (Lipinski definition) is 5. The second-order valence-corrected chi connectivity index (χ2v) is 10.6. The highest BCUT2D eigenvalue weighted by Crippen LogP contribution is 2.26. The number of sulfonamides is 1. The Hall–Kier alpha value is -3.25. The highest BCUT2D eigenvalue weighted by Gasteiger charge is 2.34. The summed E-state index contributed by atoms with van der Waals surface area (Å²) >= 11 is 0. The van der Waals surface area contributed by atoms with Crippen LogP contribution in [0.5, 0.6) is 5.75 Å². The normalized spacial score (nSPS) is 16.3. The van der Waals surface area contributed by atoms with E-state index in [9.17, 15) is 12.8 Å². The minimum atomic E-state index is -3.78. The van der Waals surface area contributed by atoms with Crippen LogP contribution >= 0.6 is 0 Å². The van der Waals surface area contributed by atoms with Gasteiger partial charge in [-0.2, -0.15) is 9.57 Å². The van der Waals surface area contributed by atoms with E-state index in [0.717, 1.165) is 48.8 Å². The van der Waals surface area contributed by atoms with Crippen LogP contribution < -0.4 is 4.74 Å². The molecule has 4 rings (SSSR count). The van der Waals surface area contributed by atoms with Crippen molar-refractivity contribution in [1.29, 1.82) is 5.26 Å². The standard InChI is InChI=1S/C27H28FN3O3S/c1-30(35(32,33)26-6-2-5-24(28)19-26)27-7-3-16-31(27)17-4-18-34-25-14-12-23(13-15-25)22-10-8-21(20-29)9-11-22/h2,5-6,8-15,19,27H,3-4,7,16-18H2,1H3. The van der Waals surface area contributed by atoms with Crippen molar-refractivity contribution < 1.29 is 17.5 Å². The lowest BCUT2D eigenvalue weighted by Gasteiger charge is -2.31. The molecule has 0 amide bonds. The van der Waals surface area contributed by atoms with E-state index in [2.05, 4.69) is 11.0 Å². The van der Waals surface area contributed by atoms with Crippen molar-refractivity contribution in [3.05, 3.63) is 84.2 Å². The van der Waals surface area contributed by atoms with E-state index in [-0.39, 0.29) is 11.1 Å². The Kier molecular flexibility index (Phi) is 7.81. The van der Waals surface area contributed by atoms with Crippen LogP contribution in [0.15, 0.2) is 77.7 Å². The minimum Gasteiger partial charge on any atom is -0.494 e. The Morgan fingerprint density at radius 1 is 1.09 bits per heavy atom. The Balaban J connectivity index is 1.29. The number of hydrogen-bond donors (Lipinski definition) is 0. The van der Waals surface area contributed by atoms with Gasteiger partial charge in [-0.25, -0.2) is 12.8 Å². The molecule has 1 atom stereocenters. The van der Waals surface area contributed by atoms with E-state index in [0.29, 0.717) is 18.7 Å². The quantitative estimate of drug-likeness (QED) is 0.398.